The number of allylic oxidation sites excluding steroid dienone is 1. The van der Waals surface area contributed by atoms with Crippen molar-refractivity contribution in [3.8, 4) is 6.07 Å². The number of nitrogens with zero attached hydrogens (tertiary/aromatic N) is 2. The molecule has 3 N–H and O–H groups in total. The largest absolute Gasteiger partial charge is 0.507 e. The van der Waals surface area contributed by atoms with Crippen LogP contribution in [-0.2, 0) is 15.7 Å². The van der Waals surface area contributed by atoms with Crippen LogP contribution in [0.1, 0.15) is 17.0 Å². The second-order valence-corrected chi connectivity index (χ2v) is 6.58. The van der Waals surface area contributed by atoms with E-state index in [4.69, 9.17) is 4.74 Å². The first-order chi connectivity index (χ1) is 14.7. The van der Waals surface area contributed by atoms with Gasteiger partial charge in [0.05, 0.1) is 16.6 Å². The summed E-state index contributed by atoms with van der Waals surface area (Å²) in [5, 5.41) is 22.2. The summed E-state index contributed by atoms with van der Waals surface area (Å²) in [7, 11) is 0. The van der Waals surface area contributed by atoms with Crippen molar-refractivity contribution in [2.24, 2.45) is 0 Å². The lowest BCUT2D eigenvalue weighted by Gasteiger charge is -2.12. The fraction of sp³-hybridized carbons (Fsp3) is 0.190. The zero-order valence-electron chi connectivity index (χ0n) is 16.2. The third kappa shape index (κ3) is 5.14. The third-order valence-electron chi connectivity index (χ3n) is 4.37. The Balaban J connectivity index is 1.61. The van der Waals surface area contributed by atoms with Crippen molar-refractivity contribution >= 4 is 28.3 Å². The first-order valence-corrected chi connectivity index (χ1v) is 9.03. The quantitative estimate of drug-likeness (QED) is 0.305. The minimum Gasteiger partial charge on any atom is -0.507 e. The van der Waals surface area contributed by atoms with E-state index in [1.165, 1.54) is 13.0 Å². The molecule has 0 saturated heterocycles. The van der Waals surface area contributed by atoms with E-state index in [0.717, 1.165) is 12.1 Å². The standard InChI is InChI=1S/C21H17F3N4O3/c1-12-8-13(21(22,23)24)6-7-15(12)26-10-19(30)31-11-18(29)14(9-25)20-27-16-4-2-3-5-17(16)28-20/h2-8,26,29H,10-11H2,1H3,(H,27,28). The highest BCUT2D eigenvalue weighted by Crippen LogP contribution is 2.31. The zero-order chi connectivity index (χ0) is 22.6. The SMILES string of the molecule is Cc1cc(C(F)(F)F)ccc1NCC(=O)OCC(O)=C(C#N)c1nc2ccccc2[nH]1. The van der Waals surface area contributed by atoms with E-state index in [2.05, 4.69) is 15.3 Å². The smallest absolute Gasteiger partial charge is 0.416 e. The Morgan fingerprint density at radius 1 is 1.29 bits per heavy atom. The van der Waals surface area contributed by atoms with E-state index in [1.54, 1.807) is 24.3 Å². The van der Waals surface area contributed by atoms with E-state index >= 15 is 0 Å². The van der Waals surface area contributed by atoms with Crippen molar-refractivity contribution in [1.82, 2.24) is 9.97 Å². The molecule has 3 rings (SSSR count). The summed E-state index contributed by atoms with van der Waals surface area (Å²) < 4.78 is 43.1. The number of nitriles is 1. The Bertz CT molecular complexity index is 1160. The van der Waals surface area contributed by atoms with Gasteiger partial charge in [-0.1, -0.05) is 12.1 Å². The molecule has 0 aliphatic rings. The van der Waals surface area contributed by atoms with Gasteiger partial charge in [0.1, 0.15) is 24.8 Å². The number of aromatic amines is 1. The number of carbonyl (C=O) groups excluding carboxylic acids is 1. The number of alkyl halides is 3. The molecule has 3 aromatic rings. The van der Waals surface area contributed by atoms with Gasteiger partial charge in [-0.25, -0.2) is 4.98 Å². The predicted molar refractivity (Wildman–Crippen MR) is 107 cm³/mol. The monoisotopic (exact) mass is 430 g/mol. The van der Waals surface area contributed by atoms with Crippen molar-refractivity contribution in [3.05, 3.63) is 65.2 Å². The van der Waals surface area contributed by atoms with Gasteiger partial charge >= 0.3 is 12.1 Å². The first-order valence-electron chi connectivity index (χ1n) is 9.03. The van der Waals surface area contributed by atoms with Crippen molar-refractivity contribution in [2.45, 2.75) is 13.1 Å². The lowest BCUT2D eigenvalue weighted by molar-refractivity contribution is -0.141. The fourth-order valence-corrected chi connectivity index (χ4v) is 2.80. The Hall–Kier alpha value is -4.00. The normalized spacial score (nSPS) is 12.2. The Morgan fingerprint density at radius 3 is 2.68 bits per heavy atom. The molecule has 0 unspecified atom stereocenters. The molecule has 0 spiro atoms. The molecule has 0 aliphatic carbocycles. The number of aliphatic hydroxyl groups is 1. The summed E-state index contributed by atoms with van der Waals surface area (Å²) in [4.78, 5) is 19.1. The molecule has 31 heavy (non-hydrogen) atoms. The molecular formula is C21H17F3N4O3. The van der Waals surface area contributed by atoms with Gasteiger partial charge in [0, 0.05) is 5.69 Å². The summed E-state index contributed by atoms with van der Waals surface area (Å²) in [6.07, 6.45) is -4.45. The van der Waals surface area contributed by atoms with Gasteiger partial charge in [0.2, 0.25) is 0 Å². The minimum atomic E-state index is -4.45. The van der Waals surface area contributed by atoms with Crippen molar-refractivity contribution in [1.29, 1.82) is 5.26 Å². The van der Waals surface area contributed by atoms with Gasteiger partial charge in [0.25, 0.3) is 0 Å². The molecule has 1 aromatic heterocycles. The van der Waals surface area contributed by atoms with Crippen LogP contribution in [0.3, 0.4) is 0 Å². The number of hydrogen-bond donors (Lipinski definition) is 3. The van der Waals surface area contributed by atoms with Crippen LogP contribution in [0.15, 0.2) is 48.2 Å². The number of H-pyrrole nitrogens is 1. The Labute approximate surface area is 174 Å². The number of para-hydroxylation sites is 2. The molecule has 7 nitrogen and oxygen atoms in total. The Morgan fingerprint density at radius 2 is 2.03 bits per heavy atom. The summed E-state index contributed by atoms with van der Waals surface area (Å²) in [6, 6.07) is 12.0. The number of anilines is 1. The van der Waals surface area contributed by atoms with Gasteiger partial charge in [-0.3, -0.25) is 4.79 Å². The van der Waals surface area contributed by atoms with E-state index in [0.29, 0.717) is 22.3 Å². The molecule has 2 aromatic carbocycles. The number of imidazole rings is 1. The lowest BCUT2D eigenvalue weighted by Crippen LogP contribution is -2.19. The number of benzene rings is 2. The molecule has 0 saturated carbocycles. The highest BCUT2D eigenvalue weighted by molar-refractivity contribution is 5.83. The number of nitrogens with one attached hydrogen (secondary N) is 2. The van der Waals surface area contributed by atoms with Crippen LogP contribution in [-0.4, -0.2) is 34.2 Å². The highest BCUT2D eigenvalue weighted by atomic mass is 19.4. The average molecular weight is 430 g/mol. The average Bonchev–Trinajstić information content (AvgIpc) is 3.14. The van der Waals surface area contributed by atoms with Crippen LogP contribution < -0.4 is 5.32 Å². The van der Waals surface area contributed by atoms with Crippen LogP contribution >= 0.6 is 0 Å². The minimum absolute atomic E-state index is 0.135. The first kappa shape index (κ1) is 21.7. The van der Waals surface area contributed by atoms with Crippen LogP contribution in [0, 0.1) is 18.3 Å². The van der Waals surface area contributed by atoms with E-state index in [9.17, 15) is 28.3 Å². The number of aliphatic hydroxyl groups excluding tert-OH is 1. The second-order valence-electron chi connectivity index (χ2n) is 6.58. The number of aromatic nitrogens is 2. The fourth-order valence-electron chi connectivity index (χ4n) is 2.80. The van der Waals surface area contributed by atoms with Crippen molar-refractivity contribution < 1.29 is 27.8 Å². The number of rotatable bonds is 6. The zero-order valence-corrected chi connectivity index (χ0v) is 16.2. The van der Waals surface area contributed by atoms with Crippen LogP contribution in [0.2, 0.25) is 0 Å². The van der Waals surface area contributed by atoms with Crippen LogP contribution in [0.4, 0.5) is 18.9 Å². The molecule has 0 bridgehead atoms. The maximum atomic E-state index is 12.7. The van der Waals surface area contributed by atoms with Crippen LogP contribution in [0.5, 0.6) is 0 Å². The number of fused-ring (bicyclic) bond motifs is 1. The summed E-state index contributed by atoms with van der Waals surface area (Å²) in [5.41, 5.74) is 0.961. The number of halogens is 3. The molecule has 160 valence electrons. The van der Waals surface area contributed by atoms with Crippen molar-refractivity contribution in [3.63, 3.8) is 0 Å². The number of carbonyl (C=O) groups is 1. The second kappa shape index (κ2) is 8.79. The molecular weight excluding hydrogens is 413 g/mol. The van der Waals surface area contributed by atoms with Gasteiger partial charge < -0.3 is 20.1 Å². The lowest BCUT2D eigenvalue weighted by atomic mass is 10.1. The van der Waals surface area contributed by atoms with E-state index in [1.807, 2.05) is 6.07 Å². The maximum absolute atomic E-state index is 12.7. The number of aryl methyl sites for hydroxylation is 1. The number of esters is 1. The summed E-state index contributed by atoms with van der Waals surface area (Å²) >= 11 is 0. The maximum Gasteiger partial charge on any atom is 0.416 e. The molecule has 0 fully saturated rings. The summed E-state index contributed by atoms with van der Waals surface area (Å²) in [6.45, 7) is 0.572. The van der Waals surface area contributed by atoms with Gasteiger partial charge in [-0.05, 0) is 42.8 Å². The highest BCUT2D eigenvalue weighted by Gasteiger charge is 2.30. The molecule has 0 radical (unpaired) electrons. The van der Waals surface area contributed by atoms with Gasteiger partial charge in [-0.15, -0.1) is 0 Å². The van der Waals surface area contributed by atoms with Gasteiger partial charge in [0.15, 0.2) is 11.6 Å². The topological polar surface area (TPSA) is 111 Å². The number of hydrogen-bond acceptors (Lipinski definition) is 6. The molecule has 0 amide bonds. The number of ether oxygens (including phenoxy) is 1. The molecule has 0 aliphatic heterocycles. The van der Waals surface area contributed by atoms with E-state index in [-0.39, 0.29) is 17.9 Å². The van der Waals surface area contributed by atoms with Gasteiger partial charge in [-0.2, -0.15) is 18.4 Å². The molecule has 0 atom stereocenters. The van der Waals surface area contributed by atoms with Crippen molar-refractivity contribution in [2.75, 3.05) is 18.5 Å². The Kier molecular flexibility index (Phi) is 6.15. The van der Waals surface area contributed by atoms with E-state index < -0.39 is 30.1 Å². The predicted octanol–water partition coefficient (Wildman–Crippen LogP) is 4.34. The summed E-state index contributed by atoms with van der Waals surface area (Å²) in [5.74, 6) is -1.12. The van der Waals surface area contributed by atoms with Crippen LogP contribution in [0.25, 0.3) is 16.6 Å². The molecule has 10 heteroatoms. The molecule has 1 heterocycles. The third-order valence-corrected chi connectivity index (χ3v) is 4.37.